The zero-order valence-corrected chi connectivity index (χ0v) is 10.9. The fourth-order valence-electron chi connectivity index (χ4n) is 1.88. The van der Waals surface area contributed by atoms with Crippen LogP contribution in [0.4, 0.5) is 11.4 Å². The molecule has 0 saturated heterocycles. The van der Waals surface area contributed by atoms with Crippen LogP contribution in [0.5, 0.6) is 0 Å². The molecule has 19 heavy (non-hydrogen) atoms. The molecule has 6 heteroatoms. The Morgan fingerprint density at radius 2 is 2.21 bits per heavy atom. The van der Waals surface area contributed by atoms with E-state index < -0.39 is 0 Å². The number of aryl methyl sites for hydroxylation is 1. The predicted molar refractivity (Wildman–Crippen MR) is 76.1 cm³/mol. The molecule has 0 amide bonds. The Bertz CT molecular complexity index is 806. The summed E-state index contributed by atoms with van der Waals surface area (Å²) in [6, 6.07) is 7.84. The van der Waals surface area contributed by atoms with Gasteiger partial charge in [-0.1, -0.05) is 17.7 Å². The summed E-state index contributed by atoms with van der Waals surface area (Å²) >= 11 is 6.00. The first-order valence-electron chi connectivity index (χ1n) is 5.71. The number of hydrogen-bond acceptors (Lipinski definition) is 3. The van der Waals surface area contributed by atoms with Gasteiger partial charge in [-0.15, -0.1) is 0 Å². The molecule has 0 bridgehead atoms. The number of aromatic nitrogens is 3. The van der Waals surface area contributed by atoms with Crippen LogP contribution in [0.2, 0.25) is 5.02 Å². The van der Waals surface area contributed by atoms with Gasteiger partial charge in [0.2, 0.25) is 0 Å². The highest BCUT2D eigenvalue weighted by Gasteiger charge is 2.07. The number of rotatable bonds is 2. The van der Waals surface area contributed by atoms with Crippen LogP contribution >= 0.6 is 11.6 Å². The lowest BCUT2D eigenvalue weighted by molar-refractivity contribution is 0.709. The van der Waals surface area contributed by atoms with E-state index in [9.17, 15) is 4.79 Å². The van der Waals surface area contributed by atoms with E-state index in [1.165, 1.54) is 10.9 Å². The van der Waals surface area contributed by atoms with Gasteiger partial charge >= 0.3 is 0 Å². The van der Waals surface area contributed by atoms with Gasteiger partial charge < -0.3 is 10.3 Å². The standard InChI is InChI=1S/C13H11ClN4O/c1-18-13(19)12(14)11(7-16-18)17-9-3-2-8-4-5-15-10(8)6-9/h2-7,15,17H,1H3. The van der Waals surface area contributed by atoms with Crippen molar-refractivity contribution in [1.82, 2.24) is 14.8 Å². The van der Waals surface area contributed by atoms with Crippen molar-refractivity contribution in [3.8, 4) is 0 Å². The van der Waals surface area contributed by atoms with Gasteiger partial charge in [-0.2, -0.15) is 5.10 Å². The summed E-state index contributed by atoms with van der Waals surface area (Å²) in [6.45, 7) is 0. The van der Waals surface area contributed by atoms with E-state index in [0.29, 0.717) is 5.69 Å². The van der Waals surface area contributed by atoms with E-state index >= 15 is 0 Å². The molecule has 0 spiro atoms. The number of nitrogens with one attached hydrogen (secondary N) is 2. The molecule has 3 rings (SSSR count). The third-order valence-corrected chi connectivity index (χ3v) is 3.28. The first kappa shape index (κ1) is 11.8. The Balaban J connectivity index is 2.00. The number of benzene rings is 1. The van der Waals surface area contributed by atoms with E-state index in [-0.39, 0.29) is 10.6 Å². The summed E-state index contributed by atoms with van der Waals surface area (Å²) in [5.74, 6) is 0. The van der Waals surface area contributed by atoms with E-state index in [4.69, 9.17) is 11.6 Å². The quantitative estimate of drug-likeness (QED) is 0.755. The van der Waals surface area contributed by atoms with Crippen LogP contribution in [0.3, 0.4) is 0 Å². The van der Waals surface area contributed by atoms with E-state index in [2.05, 4.69) is 15.4 Å². The molecule has 96 valence electrons. The second-order valence-electron chi connectivity index (χ2n) is 4.21. The predicted octanol–water partition coefficient (Wildman–Crippen LogP) is 2.66. The summed E-state index contributed by atoms with van der Waals surface area (Å²) in [4.78, 5) is 14.8. The van der Waals surface area contributed by atoms with Crippen molar-refractivity contribution in [2.75, 3.05) is 5.32 Å². The highest BCUT2D eigenvalue weighted by Crippen LogP contribution is 2.24. The van der Waals surface area contributed by atoms with Crippen molar-refractivity contribution in [2.45, 2.75) is 0 Å². The molecule has 0 aliphatic heterocycles. The Labute approximate surface area is 113 Å². The molecule has 0 aliphatic carbocycles. The third kappa shape index (κ3) is 2.08. The highest BCUT2D eigenvalue weighted by molar-refractivity contribution is 6.33. The number of fused-ring (bicyclic) bond motifs is 1. The summed E-state index contributed by atoms with van der Waals surface area (Å²) in [6.07, 6.45) is 3.41. The van der Waals surface area contributed by atoms with E-state index in [1.54, 1.807) is 7.05 Å². The van der Waals surface area contributed by atoms with E-state index in [0.717, 1.165) is 16.6 Å². The minimum Gasteiger partial charge on any atom is -0.361 e. The van der Waals surface area contributed by atoms with Crippen molar-refractivity contribution >= 4 is 33.9 Å². The molecule has 0 saturated carbocycles. The number of halogens is 1. The minimum absolute atomic E-state index is 0.129. The van der Waals surface area contributed by atoms with Crippen LogP contribution < -0.4 is 10.9 Å². The van der Waals surface area contributed by atoms with Crippen molar-refractivity contribution in [2.24, 2.45) is 7.05 Å². The minimum atomic E-state index is -0.326. The fourth-order valence-corrected chi connectivity index (χ4v) is 2.10. The normalized spacial score (nSPS) is 10.8. The van der Waals surface area contributed by atoms with Crippen LogP contribution in [-0.2, 0) is 7.05 Å². The number of hydrogen-bond donors (Lipinski definition) is 2. The average molecular weight is 275 g/mol. The number of aromatic amines is 1. The Hall–Kier alpha value is -2.27. The van der Waals surface area contributed by atoms with Gasteiger partial charge in [0.25, 0.3) is 5.56 Å². The first-order chi connectivity index (χ1) is 9.15. The van der Waals surface area contributed by atoms with Gasteiger partial charge in [-0.05, 0) is 23.6 Å². The molecule has 0 atom stereocenters. The van der Waals surface area contributed by atoms with Crippen LogP contribution in [0.25, 0.3) is 10.9 Å². The van der Waals surface area contributed by atoms with Crippen LogP contribution in [0.1, 0.15) is 0 Å². The van der Waals surface area contributed by atoms with E-state index in [1.807, 2.05) is 30.5 Å². The summed E-state index contributed by atoms with van der Waals surface area (Å²) in [5, 5.41) is 8.28. The largest absolute Gasteiger partial charge is 0.361 e. The molecule has 2 heterocycles. The Morgan fingerprint density at radius 1 is 1.37 bits per heavy atom. The maximum Gasteiger partial charge on any atom is 0.287 e. The third-order valence-electron chi connectivity index (χ3n) is 2.91. The Kier molecular flexibility index (Phi) is 2.76. The van der Waals surface area contributed by atoms with Crippen molar-refractivity contribution in [3.05, 3.63) is 52.0 Å². The molecule has 0 fully saturated rings. The lowest BCUT2D eigenvalue weighted by Crippen LogP contribution is -2.20. The summed E-state index contributed by atoms with van der Waals surface area (Å²) in [7, 11) is 1.56. The van der Waals surface area contributed by atoms with Crippen molar-refractivity contribution in [3.63, 3.8) is 0 Å². The monoisotopic (exact) mass is 274 g/mol. The smallest absolute Gasteiger partial charge is 0.287 e. The average Bonchev–Trinajstić information content (AvgIpc) is 2.87. The van der Waals surface area contributed by atoms with Crippen LogP contribution in [-0.4, -0.2) is 14.8 Å². The second-order valence-corrected chi connectivity index (χ2v) is 4.58. The lowest BCUT2D eigenvalue weighted by Gasteiger charge is -2.08. The molecule has 2 aromatic heterocycles. The lowest BCUT2D eigenvalue weighted by atomic mass is 10.2. The molecule has 2 N–H and O–H groups in total. The van der Waals surface area contributed by atoms with Gasteiger partial charge in [-0.25, -0.2) is 4.68 Å². The Morgan fingerprint density at radius 3 is 3.05 bits per heavy atom. The number of H-pyrrole nitrogens is 1. The fraction of sp³-hybridized carbons (Fsp3) is 0.0769. The highest BCUT2D eigenvalue weighted by atomic mass is 35.5. The first-order valence-corrected chi connectivity index (χ1v) is 6.09. The second kappa shape index (κ2) is 4.44. The summed E-state index contributed by atoms with van der Waals surface area (Å²) < 4.78 is 1.20. The number of anilines is 2. The van der Waals surface area contributed by atoms with Gasteiger partial charge in [0.1, 0.15) is 5.02 Å². The van der Waals surface area contributed by atoms with Gasteiger partial charge in [-0.3, -0.25) is 4.79 Å². The van der Waals surface area contributed by atoms with Crippen molar-refractivity contribution < 1.29 is 0 Å². The SMILES string of the molecule is Cn1ncc(Nc2ccc3cc[nH]c3c2)c(Cl)c1=O. The zero-order valence-electron chi connectivity index (χ0n) is 10.1. The van der Waals surface area contributed by atoms with Crippen LogP contribution in [0.15, 0.2) is 41.5 Å². The van der Waals surface area contributed by atoms with Gasteiger partial charge in [0.15, 0.2) is 0 Å². The van der Waals surface area contributed by atoms with Gasteiger partial charge in [0.05, 0.1) is 11.9 Å². The molecule has 0 radical (unpaired) electrons. The zero-order chi connectivity index (χ0) is 13.4. The molecular formula is C13H11ClN4O. The summed E-state index contributed by atoms with van der Waals surface area (Å²) in [5.41, 5.74) is 2.02. The molecule has 3 aromatic rings. The molecule has 5 nitrogen and oxygen atoms in total. The van der Waals surface area contributed by atoms with Crippen molar-refractivity contribution in [1.29, 1.82) is 0 Å². The van der Waals surface area contributed by atoms with Crippen LogP contribution in [0, 0.1) is 0 Å². The molecule has 0 aliphatic rings. The molecular weight excluding hydrogens is 264 g/mol. The molecule has 0 unspecified atom stereocenters. The number of nitrogens with zero attached hydrogens (tertiary/aromatic N) is 2. The molecule has 1 aromatic carbocycles. The maximum absolute atomic E-state index is 11.7. The topological polar surface area (TPSA) is 62.7 Å². The van der Waals surface area contributed by atoms with Gasteiger partial charge in [0, 0.05) is 24.4 Å². The maximum atomic E-state index is 11.7.